The van der Waals surface area contributed by atoms with Gasteiger partial charge in [-0.2, -0.15) is 0 Å². The smallest absolute Gasteiger partial charge is 0.191 e. The first-order valence-electron chi connectivity index (χ1n) is 7.72. The van der Waals surface area contributed by atoms with Crippen molar-refractivity contribution in [2.24, 2.45) is 0 Å². The normalized spacial score (nSPS) is 14.0. The average Bonchev–Trinajstić information content (AvgIpc) is 2.15. The van der Waals surface area contributed by atoms with Gasteiger partial charge in [-0.15, -0.1) is 0 Å². The van der Waals surface area contributed by atoms with Gasteiger partial charge in [-0.25, -0.2) is 0 Å². The van der Waals surface area contributed by atoms with Crippen LogP contribution in [0.1, 0.15) is 47.5 Å². The summed E-state index contributed by atoms with van der Waals surface area (Å²) in [5.74, 6) is 0. The molecule has 0 aliphatic heterocycles. The molecule has 0 aromatic rings. The van der Waals surface area contributed by atoms with Crippen molar-refractivity contribution in [2.45, 2.75) is 90.3 Å². The van der Waals surface area contributed by atoms with E-state index in [0.29, 0.717) is 5.04 Å². The van der Waals surface area contributed by atoms with E-state index in [0.717, 1.165) is 6.61 Å². The van der Waals surface area contributed by atoms with Crippen LogP contribution in [0.5, 0.6) is 0 Å². The second kappa shape index (κ2) is 7.25. The van der Waals surface area contributed by atoms with Crippen LogP contribution in [-0.4, -0.2) is 23.0 Å². The van der Waals surface area contributed by atoms with Gasteiger partial charge < -0.3 is 4.43 Å². The van der Waals surface area contributed by atoms with Gasteiger partial charge in [-0.1, -0.05) is 66.1 Å². The molecule has 18 heavy (non-hydrogen) atoms. The maximum absolute atomic E-state index is 6.36. The third-order valence-corrected chi connectivity index (χ3v) is 14.0. The molecule has 0 aromatic carbocycles. The Kier molecular flexibility index (Phi) is 7.41. The lowest BCUT2D eigenvalue weighted by Gasteiger charge is -2.37. The molecule has 0 fully saturated rings. The van der Waals surface area contributed by atoms with E-state index in [4.69, 9.17) is 4.43 Å². The highest BCUT2D eigenvalue weighted by Gasteiger charge is 2.37. The van der Waals surface area contributed by atoms with Gasteiger partial charge in [0.2, 0.25) is 0 Å². The summed E-state index contributed by atoms with van der Waals surface area (Å²) in [4.78, 5) is 0. The molecule has 0 rings (SSSR count). The molecular formula is C15H36OSi2. The first-order valence-corrected chi connectivity index (χ1v) is 13.7. The minimum atomic E-state index is -1.53. The zero-order valence-corrected chi connectivity index (χ0v) is 16.2. The summed E-state index contributed by atoms with van der Waals surface area (Å²) >= 11 is 0. The van der Waals surface area contributed by atoms with E-state index in [-0.39, 0.29) is 0 Å². The summed E-state index contributed by atoms with van der Waals surface area (Å²) < 4.78 is 6.36. The van der Waals surface area contributed by atoms with Gasteiger partial charge in [0.05, 0.1) is 8.07 Å². The summed E-state index contributed by atoms with van der Waals surface area (Å²) in [5.41, 5.74) is 0. The van der Waals surface area contributed by atoms with Crippen LogP contribution in [0.15, 0.2) is 0 Å². The maximum atomic E-state index is 6.36. The predicted molar refractivity (Wildman–Crippen MR) is 89.8 cm³/mol. The number of rotatable bonds is 8. The van der Waals surface area contributed by atoms with E-state index in [1.54, 1.807) is 0 Å². The van der Waals surface area contributed by atoms with E-state index in [2.05, 4.69) is 54.3 Å². The Morgan fingerprint density at radius 3 is 1.61 bits per heavy atom. The van der Waals surface area contributed by atoms with Crippen molar-refractivity contribution >= 4 is 16.4 Å². The molecular weight excluding hydrogens is 252 g/mol. The third-order valence-electron chi connectivity index (χ3n) is 4.68. The molecule has 110 valence electrons. The fraction of sp³-hybridized carbons (Fsp3) is 1.00. The molecule has 0 radical (unpaired) electrons. The molecule has 3 heteroatoms. The molecule has 0 atom stereocenters. The highest BCUT2D eigenvalue weighted by Crippen LogP contribution is 2.37. The lowest BCUT2D eigenvalue weighted by Crippen LogP contribution is -2.42. The number of hydrogen-bond donors (Lipinski definition) is 0. The molecule has 0 unspecified atom stereocenters. The van der Waals surface area contributed by atoms with Crippen LogP contribution in [0.2, 0.25) is 42.8 Å². The Hall–Kier alpha value is 0.394. The Morgan fingerprint density at radius 1 is 0.833 bits per heavy atom. The minimum Gasteiger partial charge on any atom is -0.417 e. The van der Waals surface area contributed by atoms with Gasteiger partial charge in [-0.3, -0.25) is 0 Å². The van der Waals surface area contributed by atoms with Crippen molar-refractivity contribution in [3.8, 4) is 0 Å². The van der Waals surface area contributed by atoms with Gasteiger partial charge in [0.1, 0.15) is 0 Å². The quantitative estimate of drug-likeness (QED) is 0.505. The molecule has 0 amide bonds. The second-order valence-electron chi connectivity index (χ2n) is 7.67. The zero-order chi connectivity index (χ0) is 14.4. The molecule has 0 aliphatic carbocycles. The first kappa shape index (κ1) is 18.4. The second-order valence-corrected chi connectivity index (χ2v) is 17.6. The Morgan fingerprint density at radius 2 is 1.28 bits per heavy atom. The zero-order valence-electron chi connectivity index (χ0n) is 14.2. The Balaban J connectivity index is 4.30. The maximum Gasteiger partial charge on any atom is 0.191 e. The van der Waals surface area contributed by atoms with Crippen molar-refractivity contribution in [1.82, 2.24) is 0 Å². The van der Waals surface area contributed by atoms with Crippen molar-refractivity contribution in [3.05, 3.63) is 0 Å². The fourth-order valence-electron chi connectivity index (χ4n) is 2.35. The SMILES string of the molecule is CCC[Si](C)(CCC)CCO[Si](C)(C)C(C)(C)C. The Labute approximate surface area is 118 Å². The third kappa shape index (κ3) is 6.02. The van der Waals surface area contributed by atoms with Crippen LogP contribution in [0, 0.1) is 0 Å². The van der Waals surface area contributed by atoms with E-state index in [1.807, 2.05) is 0 Å². The number of hydrogen-bond acceptors (Lipinski definition) is 1. The van der Waals surface area contributed by atoms with E-state index < -0.39 is 16.4 Å². The molecule has 1 nitrogen and oxygen atoms in total. The first-order chi connectivity index (χ1) is 8.08. The van der Waals surface area contributed by atoms with Crippen molar-refractivity contribution in [1.29, 1.82) is 0 Å². The van der Waals surface area contributed by atoms with Crippen LogP contribution in [-0.2, 0) is 4.43 Å². The molecule has 0 aliphatic rings. The van der Waals surface area contributed by atoms with Gasteiger partial charge in [0.25, 0.3) is 0 Å². The van der Waals surface area contributed by atoms with Gasteiger partial charge >= 0.3 is 0 Å². The van der Waals surface area contributed by atoms with Crippen molar-refractivity contribution in [2.75, 3.05) is 6.61 Å². The van der Waals surface area contributed by atoms with Gasteiger partial charge in [-0.05, 0) is 24.2 Å². The van der Waals surface area contributed by atoms with E-state index in [1.165, 1.54) is 31.0 Å². The van der Waals surface area contributed by atoms with Crippen LogP contribution in [0.4, 0.5) is 0 Å². The molecule has 0 saturated heterocycles. The van der Waals surface area contributed by atoms with Gasteiger partial charge in [0, 0.05) is 6.61 Å². The van der Waals surface area contributed by atoms with Crippen LogP contribution in [0.25, 0.3) is 0 Å². The van der Waals surface area contributed by atoms with E-state index in [9.17, 15) is 0 Å². The highest BCUT2D eigenvalue weighted by atomic mass is 28.4. The lowest BCUT2D eigenvalue weighted by atomic mass is 10.2. The average molecular weight is 289 g/mol. The predicted octanol–water partition coefficient (Wildman–Crippen LogP) is 5.91. The monoisotopic (exact) mass is 288 g/mol. The summed E-state index contributed by atoms with van der Waals surface area (Å²) in [5, 5.41) is 0.348. The molecule has 0 bridgehead atoms. The van der Waals surface area contributed by atoms with Gasteiger partial charge in [0.15, 0.2) is 8.32 Å². The minimum absolute atomic E-state index is 0.348. The van der Waals surface area contributed by atoms with Crippen molar-refractivity contribution < 1.29 is 4.43 Å². The topological polar surface area (TPSA) is 9.23 Å². The van der Waals surface area contributed by atoms with E-state index >= 15 is 0 Å². The summed E-state index contributed by atoms with van der Waals surface area (Å²) in [6.07, 6.45) is 2.70. The molecule has 0 heterocycles. The van der Waals surface area contributed by atoms with Crippen molar-refractivity contribution in [3.63, 3.8) is 0 Å². The van der Waals surface area contributed by atoms with Crippen LogP contribution >= 0.6 is 0 Å². The molecule has 0 aromatic heterocycles. The van der Waals surface area contributed by atoms with Crippen LogP contribution < -0.4 is 0 Å². The lowest BCUT2D eigenvalue weighted by molar-refractivity contribution is 0.305. The Bertz CT molecular complexity index is 225. The standard InChI is InChI=1S/C15H36OSi2/c1-9-12-18(8,13-10-2)14-11-16-17(6,7)15(3,4)5/h9-14H2,1-8H3. The largest absolute Gasteiger partial charge is 0.417 e. The highest BCUT2D eigenvalue weighted by molar-refractivity contribution is 6.79. The summed E-state index contributed by atoms with van der Waals surface area (Å²) in [6.45, 7) is 20.0. The molecule has 0 N–H and O–H groups in total. The van der Waals surface area contributed by atoms with Crippen LogP contribution in [0.3, 0.4) is 0 Å². The molecule has 0 spiro atoms. The molecule has 0 saturated carbocycles. The fourth-order valence-corrected chi connectivity index (χ4v) is 7.36. The summed E-state index contributed by atoms with van der Waals surface area (Å²) in [7, 11) is -2.54. The summed E-state index contributed by atoms with van der Waals surface area (Å²) in [6, 6.07) is 4.31.